The van der Waals surface area contributed by atoms with Gasteiger partial charge < -0.3 is 20.7 Å². The van der Waals surface area contributed by atoms with Crippen LogP contribution < -0.4 is 10.6 Å². The lowest BCUT2D eigenvalue weighted by atomic mass is 9.75. The minimum absolute atomic E-state index is 0.0692. The van der Waals surface area contributed by atoms with Gasteiger partial charge in [-0.3, -0.25) is 9.59 Å². The van der Waals surface area contributed by atoms with Crippen LogP contribution in [0.2, 0.25) is 5.02 Å². The average Bonchev–Trinajstić information content (AvgIpc) is 2.67. The van der Waals surface area contributed by atoms with E-state index in [1.165, 1.54) is 0 Å². The lowest BCUT2D eigenvalue weighted by Gasteiger charge is -2.23. The predicted molar refractivity (Wildman–Crippen MR) is 114 cm³/mol. The molecule has 0 aliphatic rings. The maximum Gasteiger partial charge on any atom is 0.475 e. The van der Waals surface area contributed by atoms with Gasteiger partial charge in [0.2, 0.25) is 5.91 Å². The first kappa shape index (κ1) is 22.9. The van der Waals surface area contributed by atoms with Gasteiger partial charge in [0.25, 0.3) is 5.91 Å². The standard InChI is InChI=1S/C21H26BClN2O4/c1-14(2)11-19(22(28)29)25-20(26)13-18(16-9-6-10-17(23)12-16)24-21(27)15-7-4-3-5-8-15/h3-10,12,14,18-19,28-29H,11,13H2,1-2H3,(H,24,27)(H,25,26)/t18?,19-/m0/s1. The van der Waals surface area contributed by atoms with Crippen LogP contribution in [0.5, 0.6) is 0 Å². The molecule has 0 aliphatic carbocycles. The average molecular weight is 417 g/mol. The summed E-state index contributed by atoms with van der Waals surface area (Å²) in [6.45, 7) is 3.85. The lowest BCUT2D eigenvalue weighted by Crippen LogP contribution is -2.48. The maximum absolute atomic E-state index is 12.6. The van der Waals surface area contributed by atoms with Gasteiger partial charge in [-0.2, -0.15) is 0 Å². The molecule has 8 heteroatoms. The highest BCUT2D eigenvalue weighted by Gasteiger charge is 2.28. The Morgan fingerprint density at radius 3 is 2.31 bits per heavy atom. The smallest absolute Gasteiger partial charge is 0.426 e. The Morgan fingerprint density at radius 1 is 1.03 bits per heavy atom. The number of nitrogens with one attached hydrogen (secondary N) is 2. The third-order valence-electron chi connectivity index (χ3n) is 4.41. The number of carbonyl (C=O) groups excluding carboxylic acids is 2. The summed E-state index contributed by atoms with van der Waals surface area (Å²) in [6.07, 6.45) is 0.349. The molecule has 2 rings (SSSR count). The second-order valence-electron chi connectivity index (χ2n) is 7.37. The Labute approximate surface area is 176 Å². The van der Waals surface area contributed by atoms with E-state index in [9.17, 15) is 19.6 Å². The van der Waals surface area contributed by atoms with Gasteiger partial charge in [0, 0.05) is 10.6 Å². The second-order valence-corrected chi connectivity index (χ2v) is 7.80. The fourth-order valence-corrected chi connectivity index (χ4v) is 3.22. The predicted octanol–water partition coefficient (Wildman–Crippen LogP) is 2.74. The van der Waals surface area contributed by atoms with E-state index < -0.39 is 25.0 Å². The maximum atomic E-state index is 12.6. The first-order chi connectivity index (χ1) is 13.8. The van der Waals surface area contributed by atoms with Crippen LogP contribution in [0.4, 0.5) is 0 Å². The summed E-state index contributed by atoms with van der Waals surface area (Å²) in [6, 6.07) is 15.0. The largest absolute Gasteiger partial charge is 0.475 e. The molecule has 0 aliphatic heterocycles. The summed E-state index contributed by atoms with van der Waals surface area (Å²) in [5, 5.41) is 25.1. The van der Waals surface area contributed by atoms with Gasteiger partial charge >= 0.3 is 7.12 Å². The van der Waals surface area contributed by atoms with Crippen LogP contribution in [-0.4, -0.2) is 34.9 Å². The van der Waals surface area contributed by atoms with Crippen LogP contribution in [-0.2, 0) is 4.79 Å². The highest BCUT2D eigenvalue weighted by molar-refractivity contribution is 6.43. The lowest BCUT2D eigenvalue weighted by molar-refractivity contribution is -0.122. The topological polar surface area (TPSA) is 98.7 Å². The minimum Gasteiger partial charge on any atom is -0.426 e. The molecule has 0 aromatic heterocycles. The monoisotopic (exact) mass is 416 g/mol. The SMILES string of the molecule is CC(C)C[C@H](NC(=O)CC(NC(=O)c1ccccc1)c1cccc(Cl)c1)B(O)O. The first-order valence-corrected chi connectivity index (χ1v) is 9.91. The minimum atomic E-state index is -1.66. The van der Waals surface area contributed by atoms with Crippen molar-refractivity contribution in [3.63, 3.8) is 0 Å². The van der Waals surface area contributed by atoms with Crippen molar-refractivity contribution < 1.29 is 19.6 Å². The zero-order valence-corrected chi connectivity index (χ0v) is 17.3. The molecule has 4 N–H and O–H groups in total. The Hall–Kier alpha value is -2.35. The van der Waals surface area contributed by atoms with Gasteiger partial charge in [-0.15, -0.1) is 0 Å². The van der Waals surface area contributed by atoms with Crippen molar-refractivity contribution in [1.29, 1.82) is 0 Å². The summed E-state index contributed by atoms with van der Waals surface area (Å²) in [5.41, 5.74) is 1.16. The molecule has 2 aromatic carbocycles. The molecule has 0 saturated carbocycles. The molecule has 6 nitrogen and oxygen atoms in total. The number of benzene rings is 2. The van der Waals surface area contributed by atoms with Crippen LogP contribution in [0, 0.1) is 5.92 Å². The number of halogens is 1. The van der Waals surface area contributed by atoms with Crippen LogP contribution in [0.15, 0.2) is 54.6 Å². The van der Waals surface area contributed by atoms with Crippen LogP contribution >= 0.6 is 11.6 Å². The van der Waals surface area contributed by atoms with Crippen molar-refractivity contribution in [2.45, 2.75) is 38.7 Å². The zero-order chi connectivity index (χ0) is 21.4. The number of carbonyl (C=O) groups is 2. The summed E-state index contributed by atoms with van der Waals surface area (Å²) >= 11 is 6.08. The van der Waals surface area contributed by atoms with Crippen LogP contribution in [0.3, 0.4) is 0 Å². The molecule has 0 saturated heterocycles. The highest BCUT2D eigenvalue weighted by atomic mass is 35.5. The number of amides is 2. The third-order valence-corrected chi connectivity index (χ3v) is 4.65. The molecule has 2 atom stereocenters. The Balaban J connectivity index is 2.16. The molecule has 0 bridgehead atoms. The highest BCUT2D eigenvalue weighted by Crippen LogP contribution is 2.21. The second kappa shape index (κ2) is 11.0. The van der Waals surface area contributed by atoms with Crippen molar-refractivity contribution in [3.8, 4) is 0 Å². The van der Waals surface area contributed by atoms with E-state index in [1.54, 1.807) is 48.5 Å². The fourth-order valence-electron chi connectivity index (χ4n) is 3.02. The number of hydrogen-bond acceptors (Lipinski definition) is 4. The Bertz CT molecular complexity index is 817. The zero-order valence-electron chi connectivity index (χ0n) is 16.5. The molecule has 0 heterocycles. The van der Waals surface area contributed by atoms with E-state index >= 15 is 0 Å². The van der Waals surface area contributed by atoms with Gasteiger partial charge in [-0.25, -0.2) is 0 Å². The van der Waals surface area contributed by atoms with E-state index in [0.717, 1.165) is 0 Å². The van der Waals surface area contributed by atoms with Crippen LogP contribution in [0.1, 0.15) is 48.7 Å². The number of hydrogen-bond donors (Lipinski definition) is 4. The van der Waals surface area contributed by atoms with E-state index in [2.05, 4.69) is 10.6 Å². The first-order valence-electron chi connectivity index (χ1n) is 9.53. The van der Waals surface area contributed by atoms with Gasteiger partial charge in [-0.1, -0.05) is 55.8 Å². The number of rotatable bonds is 9. The summed E-state index contributed by atoms with van der Waals surface area (Å²) in [4.78, 5) is 25.2. The van der Waals surface area contributed by atoms with E-state index in [4.69, 9.17) is 11.6 Å². The summed E-state index contributed by atoms with van der Waals surface area (Å²) < 4.78 is 0. The van der Waals surface area contributed by atoms with Crippen LogP contribution in [0.25, 0.3) is 0 Å². The molecule has 1 unspecified atom stereocenters. The normalized spacial score (nSPS) is 12.9. The quantitative estimate of drug-likeness (QED) is 0.472. The molecule has 0 spiro atoms. The van der Waals surface area contributed by atoms with Crippen molar-refractivity contribution in [3.05, 3.63) is 70.7 Å². The molecule has 2 amide bonds. The molecule has 154 valence electrons. The van der Waals surface area contributed by atoms with Gasteiger partial charge in [0.1, 0.15) is 0 Å². The molecular weight excluding hydrogens is 391 g/mol. The molecular formula is C21H26BClN2O4. The van der Waals surface area contributed by atoms with Crippen molar-refractivity contribution in [2.75, 3.05) is 0 Å². The van der Waals surface area contributed by atoms with Crippen molar-refractivity contribution in [2.24, 2.45) is 5.92 Å². The van der Waals surface area contributed by atoms with Gasteiger partial charge in [0.05, 0.1) is 18.4 Å². The van der Waals surface area contributed by atoms with E-state index in [-0.39, 0.29) is 18.2 Å². The van der Waals surface area contributed by atoms with Crippen molar-refractivity contribution in [1.82, 2.24) is 10.6 Å². The van der Waals surface area contributed by atoms with E-state index in [0.29, 0.717) is 22.6 Å². The fraction of sp³-hybridized carbons (Fsp3) is 0.333. The molecule has 0 fully saturated rings. The third kappa shape index (κ3) is 7.53. The van der Waals surface area contributed by atoms with Gasteiger partial charge in [0.15, 0.2) is 0 Å². The summed E-state index contributed by atoms with van der Waals surface area (Å²) in [7, 11) is -1.66. The van der Waals surface area contributed by atoms with Gasteiger partial charge in [-0.05, 0) is 42.2 Å². The summed E-state index contributed by atoms with van der Waals surface area (Å²) in [5.74, 6) is -1.33. The molecule has 29 heavy (non-hydrogen) atoms. The molecule has 0 radical (unpaired) electrons. The van der Waals surface area contributed by atoms with E-state index in [1.807, 2.05) is 19.9 Å². The molecule has 2 aromatic rings. The van der Waals surface area contributed by atoms with Crippen molar-refractivity contribution >= 4 is 30.5 Å². The Morgan fingerprint density at radius 2 is 1.72 bits per heavy atom. The Kier molecular flexibility index (Phi) is 8.70.